The van der Waals surface area contributed by atoms with E-state index in [1.54, 1.807) is 18.2 Å². The molecule has 82 valence electrons. The van der Waals surface area contributed by atoms with E-state index in [1.807, 2.05) is 0 Å². The number of nitrogens with zero attached hydrogens (tertiary/aromatic N) is 2. The lowest BCUT2D eigenvalue weighted by atomic mass is 10.1. The van der Waals surface area contributed by atoms with E-state index < -0.39 is 0 Å². The van der Waals surface area contributed by atoms with Crippen molar-refractivity contribution in [2.45, 2.75) is 6.42 Å². The van der Waals surface area contributed by atoms with Crippen LogP contribution in [0, 0.1) is 0 Å². The van der Waals surface area contributed by atoms with Gasteiger partial charge < -0.3 is 0 Å². The van der Waals surface area contributed by atoms with Crippen LogP contribution in [-0.2, 0) is 6.42 Å². The van der Waals surface area contributed by atoms with Crippen LogP contribution in [0.25, 0.3) is 0 Å². The number of carbonyl (C=O) groups is 1. The van der Waals surface area contributed by atoms with Gasteiger partial charge in [-0.1, -0.05) is 29.3 Å². The van der Waals surface area contributed by atoms with Gasteiger partial charge >= 0.3 is 0 Å². The predicted molar refractivity (Wildman–Crippen MR) is 64.4 cm³/mol. The zero-order valence-electron chi connectivity index (χ0n) is 7.98. The van der Waals surface area contributed by atoms with Crippen LogP contribution in [0.4, 0.5) is 0 Å². The molecule has 0 fully saturated rings. The Morgan fingerprint density at radius 2 is 2.12 bits per heavy atom. The highest BCUT2D eigenvalue weighted by Crippen LogP contribution is 2.23. The zero-order valence-corrected chi connectivity index (χ0v) is 10.3. The van der Waals surface area contributed by atoms with E-state index >= 15 is 0 Å². The smallest absolute Gasteiger partial charge is 0.188 e. The quantitative estimate of drug-likeness (QED) is 0.806. The Balaban J connectivity index is 2.15. The van der Waals surface area contributed by atoms with Gasteiger partial charge in [0.25, 0.3) is 0 Å². The summed E-state index contributed by atoms with van der Waals surface area (Å²) < 4.78 is 7.65. The molecule has 2 aromatic rings. The van der Waals surface area contributed by atoms with Gasteiger partial charge in [-0.2, -0.15) is 8.75 Å². The second kappa shape index (κ2) is 4.91. The molecule has 0 amide bonds. The molecule has 0 saturated carbocycles. The maximum Gasteiger partial charge on any atom is 0.188 e. The molecule has 6 heteroatoms. The summed E-state index contributed by atoms with van der Waals surface area (Å²) in [4.78, 5) is 11.7. The zero-order chi connectivity index (χ0) is 11.5. The van der Waals surface area contributed by atoms with Crippen LogP contribution in [0.2, 0.25) is 10.0 Å². The van der Waals surface area contributed by atoms with Gasteiger partial charge in [-0.15, -0.1) is 0 Å². The number of hydrogen-bond donors (Lipinski definition) is 0. The van der Waals surface area contributed by atoms with Crippen molar-refractivity contribution in [1.82, 2.24) is 8.75 Å². The maximum atomic E-state index is 11.7. The average molecular weight is 273 g/mol. The van der Waals surface area contributed by atoms with Crippen LogP contribution in [0.3, 0.4) is 0 Å². The molecule has 0 aliphatic rings. The molecule has 0 N–H and O–H groups in total. The first-order valence-electron chi connectivity index (χ1n) is 4.41. The number of halogens is 2. The average Bonchev–Trinajstić information content (AvgIpc) is 2.77. The fourth-order valence-electron chi connectivity index (χ4n) is 1.21. The molecule has 1 aromatic carbocycles. The molecular weight excluding hydrogens is 267 g/mol. The van der Waals surface area contributed by atoms with Crippen LogP contribution in [0.1, 0.15) is 16.1 Å². The van der Waals surface area contributed by atoms with Crippen LogP contribution in [0.15, 0.2) is 24.4 Å². The molecule has 2 rings (SSSR count). The van der Waals surface area contributed by atoms with Crippen molar-refractivity contribution in [1.29, 1.82) is 0 Å². The van der Waals surface area contributed by atoms with Crippen molar-refractivity contribution in [3.8, 4) is 0 Å². The van der Waals surface area contributed by atoms with Crippen LogP contribution < -0.4 is 0 Å². The number of hydrogen-bond acceptors (Lipinski definition) is 4. The van der Waals surface area contributed by atoms with Crippen molar-refractivity contribution >= 4 is 40.7 Å². The van der Waals surface area contributed by atoms with Gasteiger partial charge in [-0.05, 0) is 17.7 Å². The second-order valence-electron chi connectivity index (χ2n) is 3.14. The highest BCUT2D eigenvalue weighted by atomic mass is 35.5. The number of benzene rings is 1. The first kappa shape index (κ1) is 11.5. The molecule has 0 unspecified atom stereocenters. The Labute approximate surface area is 106 Å². The second-order valence-corrected chi connectivity index (χ2v) is 4.51. The summed E-state index contributed by atoms with van der Waals surface area (Å²) in [5.41, 5.74) is 1.20. The van der Waals surface area contributed by atoms with Gasteiger partial charge in [0.1, 0.15) is 5.69 Å². The lowest BCUT2D eigenvalue weighted by Crippen LogP contribution is -2.03. The number of Topliss-reactive ketones (excluding diaryl/α,β-unsaturated/α-hetero) is 1. The third kappa shape index (κ3) is 2.58. The Morgan fingerprint density at radius 1 is 1.31 bits per heavy atom. The summed E-state index contributed by atoms with van der Waals surface area (Å²) in [5, 5.41) is 0.927. The molecule has 0 aliphatic carbocycles. The van der Waals surface area contributed by atoms with E-state index in [0.29, 0.717) is 15.7 Å². The molecule has 0 radical (unpaired) electrons. The van der Waals surface area contributed by atoms with Gasteiger partial charge in [-0.25, -0.2) is 0 Å². The van der Waals surface area contributed by atoms with Crippen LogP contribution in [0.5, 0.6) is 0 Å². The van der Waals surface area contributed by atoms with Crippen molar-refractivity contribution in [3.05, 3.63) is 45.7 Å². The van der Waals surface area contributed by atoms with Gasteiger partial charge in [0.2, 0.25) is 0 Å². The van der Waals surface area contributed by atoms with Crippen molar-refractivity contribution in [3.63, 3.8) is 0 Å². The standard InChI is InChI=1S/C10H6Cl2N2OS/c11-7-2-1-6(3-8(7)12)4-10(15)9-5-13-16-14-9/h1-3,5H,4H2. The number of rotatable bonds is 3. The fourth-order valence-corrected chi connectivity index (χ4v) is 1.96. The van der Waals surface area contributed by atoms with E-state index in [0.717, 1.165) is 17.3 Å². The van der Waals surface area contributed by atoms with Crippen LogP contribution >= 0.6 is 34.9 Å². The Hall–Kier alpha value is -0.970. The molecule has 0 saturated heterocycles. The number of aromatic nitrogens is 2. The maximum absolute atomic E-state index is 11.7. The summed E-state index contributed by atoms with van der Waals surface area (Å²) in [6.07, 6.45) is 1.72. The summed E-state index contributed by atoms with van der Waals surface area (Å²) in [5.74, 6) is -0.0767. The number of carbonyl (C=O) groups excluding carboxylic acids is 1. The van der Waals surface area contributed by atoms with E-state index in [1.165, 1.54) is 6.20 Å². The molecule has 16 heavy (non-hydrogen) atoms. The third-order valence-corrected chi connectivity index (χ3v) is 3.21. The highest BCUT2D eigenvalue weighted by Gasteiger charge is 2.10. The molecule has 0 atom stereocenters. The van der Waals surface area contributed by atoms with Gasteiger partial charge in [0.05, 0.1) is 28.0 Å². The van der Waals surface area contributed by atoms with E-state index in [9.17, 15) is 4.79 Å². The minimum absolute atomic E-state index is 0.0767. The van der Waals surface area contributed by atoms with Crippen molar-refractivity contribution in [2.24, 2.45) is 0 Å². The highest BCUT2D eigenvalue weighted by molar-refractivity contribution is 6.99. The first-order chi connectivity index (χ1) is 7.66. The molecule has 1 aromatic heterocycles. The van der Waals surface area contributed by atoms with Gasteiger partial charge in [-0.3, -0.25) is 4.79 Å². The summed E-state index contributed by atoms with van der Waals surface area (Å²) >= 11 is 12.6. The minimum Gasteiger partial charge on any atom is -0.292 e. The Morgan fingerprint density at radius 3 is 2.75 bits per heavy atom. The monoisotopic (exact) mass is 272 g/mol. The SMILES string of the molecule is O=C(Cc1ccc(Cl)c(Cl)c1)c1cnsn1. The predicted octanol–water partition coefficient (Wildman–Crippen LogP) is 3.27. The largest absolute Gasteiger partial charge is 0.292 e. The van der Waals surface area contributed by atoms with Gasteiger partial charge in [0.15, 0.2) is 5.78 Å². The Bertz CT molecular complexity index is 514. The molecule has 0 bridgehead atoms. The lowest BCUT2D eigenvalue weighted by Gasteiger charge is -2.00. The van der Waals surface area contributed by atoms with Crippen LogP contribution in [-0.4, -0.2) is 14.5 Å². The van der Waals surface area contributed by atoms with Crippen molar-refractivity contribution in [2.75, 3.05) is 0 Å². The van der Waals surface area contributed by atoms with E-state index in [-0.39, 0.29) is 12.2 Å². The van der Waals surface area contributed by atoms with E-state index in [2.05, 4.69) is 8.75 Å². The lowest BCUT2D eigenvalue weighted by molar-refractivity contribution is 0.0989. The topological polar surface area (TPSA) is 42.9 Å². The van der Waals surface area contributed by atoms with E-state index in [4.69, 9.17) is 23.2 Å². The molecule has 3 nitrogen and oxygen atoms in total. The first-order valence-corrected chi connectivity index (χ1v) is 5.90. The normalized spacial score (nSPS) is 10.4. The molecule has 0 aliphatic heterocycles. The Kier molecular flexibility index (Phi) is 3.53. The molecular formula is C10H6Cl2N2OS. The van der Waals surface area contributed by atoms with Crippen molar-refractivity contribution < 1.29 is 4.79 Å². The summed E-state index contributed by atoms with van der Waals surface area (Å²) in [6.45, 7) is 0. The molecule has 0 spiro atoms. The summed E-state index contributed by atoms with van der Waals surface area (Å²) in [6, 6.07) is 5.12. The van der Waals surface area contributed by atoms with Gasteiger partial charge in [0, 0.05) is 6.42 Å². The summed E-state index contributed by atoms with van der Waals surface area (Å²) in [7, 11) is 0. The minimum atomic E-state index is -0.0767. The fraction of sp³-hybridized carbons (Fsp3) is 0.100. The number of ketones is 1. The third-order valence-electron chi connectivity index (χ3n) is 2.00. The molecule has 1 heterocycles.